The minimum atomic E-state index is -3.55. The fourth-order valence-electron chi connectivity index (χ4n) is 1.79. The molecule has 0 radical (unpaired) electrons. The van der Waals surface area contributed by atoms with Gasteiger partial charge in [-0.05, 0) is 6.42 Å². The van der Waals surface area contributed by atoms with Crippen LogP contribution in [0.5, 0.6) is 0 Å². The van der Waals surface area contributed by atoms with Crippen LogP contribution in [-0.4, -0.2) is 38.3 Å². The molecule has 0 aromatic carbocycles. The molecular weight excluding hydrogens is 220 g/mol. The fraction of sp³-hybridized carbons (Fsp3) is 0.778. The maximum atomic E-state index is 11.7. The number of ketones is 1. The summed E-state index contributed by atoms with van der Waals surface area (Å²) in [6, 6.07) is 0. The Bertz CT molecular complexity index is 370. The van der Waals surface area contributed by atoms with Gasteiger partial charge in [0, 0.05) is 12.3 Å². The van der Waals surface area contributed by atoms with Gasteiger partial charge < -0.3 is 4.74 Å². The van der Waals surface area contributed by atoms with Crippen molar-refractivity contribution in [3.8, 4) is 0 Å². The summed E-state index contributed by atoms with van der Waals surface area (Å²) in [5.74, 6) is -1.96. The van der Waals surface area contributed by atoms with Crippen LogP contribution in [0.3, 0.4) is 0 Å². The average Bonchev–Trinajstić information content (AvgIpc) is 2.47. The van der Waals surface area contributed by atoms with E-state index in [0.29, 0.717) is 6.42 Å². The third-order valence-electron chi connectivity index (χ3n) is 2.75. The standard InChI is InChI=1S/C9H14O5S/c1-6-7(10)3-4-8(6)15(12,13)5-9(11)14-2/h6,8H,3-5H2,1-2H3. The van der Waals surface area contributed by atoms with E-state index >= 15 is 0 Å². The minimum absolute atomic E-state index is 0.0477. The molecule has 0 aromatic rings. The number of methoxy groups -OCH3 is 1. The zero-order valence-electron chi connectivity index (χ0n) is 8.73. The third kappa shape index (κ3) is 2.56. The van der Waals surface area contributed by atoms with Gasteiger partial charge in [-0.3, -0.25) is 9.59 Å². The zero-order chi connectivity index (χ0) is 11.6. The number of rotatable bonds is 3. The molecule has 1 aliphatic carbocycles. The zero-order valence-corrected chi connectivity index (χ0v) is 9.54. The van der Waals surface area contributed by atoms with Crippen LogP contribution in [0, 0.1) is 5.92 Å². The first-order valence-electron chi connectivity index (χ1n) is 4.69. The van der Waals surface area contributed by atoms with Gasteiger partial charge in [0.05, 0.1) is 12.4 Å². The molecule has 15 heavy (non-hydrogen) atoms. The number of hydrogen-bond donors (Lipinski definition) is 0. The summed E-state index contributed by atoms with van der Waals surface area (Å²) in [4.78, 5) is 22.1. The predicted octanol–water partition coefficient (Wildman–Crippen LogP) is -0.0582. The molecule has 1 rings (SSSR count). The van der Waals surface area contributed by atoms with Gasteiger partial charge in [-0.2, -0.15) is 0 Å². The van der Waals surface area contributed by atoms with E-state index in [2.05, 4.69) is 4.74 Å². The van der Waals surface area contributed by atoms with Crippen LogP contribution < -0.4 is 0 Å². The van der Waals surface area contributed by atoms with Gasteiger partial charge in [0.1, 0.15) is 11.5 Å². The number of hydrogen-bond acceptors (Lipinski definition) is 5. The van der Waals surface area contributed by atoms with Crippen molar-refractivity contribution in [2.45, 2.75) is 25.0 Å². The molecule has 0 N–H and O–H groups in total. The minimum Gasteiger partial charge on any atom is -0.468 e. The van der Waals surface area contributed by atoms with Crippen LogP contribution in [0.2, 0.25) is 0 Å². The van der Waals surface area contributed by atoms with Crippen molar-refractivity contribution in [3.05, 3.63) is 0 Å². The number of esters is 1. The first-order valence-corrected chi connectivity index (χ1v) is 6.41. The van der Waals surface area contributed by atoms with Crippen molar-refractivity contribution in [1.82, 2.24) is 0 Å². The Kier molecular flexibility index (Phi) is 3.49. The number of Topliss-reactive ketones (excluding diaryl/α,β-unsaturated/α-hetero) is 1. The van der Waals surface area contributed by atoms with Crippen LogP contribution in [-0.2, 0) is 24.2 Å². The average molecular weight is 234 g/mol. The van der Waals surface area contributed by atoms with Gasteiger partial charge in [0.15, 0.2) is 9.84 Å². The number of carbonyl (C=O) groups is 2. The van der Waals surface area contributed by atoms with E-state index in [0.717, 1.165) is 7.11 Å². The lowest BCUT2D eigenvalue weighted by Crippen LogP contribution is -2.31. The molecule has 0 amide bonds. The molecular formula is C9H14O5S. The van der Waals surface area contributed by atoms with Gasteiger partial charge in [-0.15, -0.1) is 0 Å². The lowest BCUT2D eigenvalue weighted by molar-refractivity contribution is -0.137. The molecule has 0 saturated heterocycles. The first kappa shape index (κ1) is 12.2. The van der Waals surface area contributed by atoms with Crippen molar-refractivity contribution in [2.75, 3.05) is 12.9 Å². The van der Waals surface area contributed by atoms with E-state index in [9.17, 15) is 18.0 Å². The van der Waals surface area contributed by atoms with Crippen molar-refractivity contribution >= 4 is 21.6 Å². The summed E-state index contributed by atoms with van der Waals surface area (Å²) >= 11 is 0. The Hall–Kier alpha value is -0.910. The Labute approximate surface area is 88.7 Å². The SMILES string of the molecule is COC(=O)CS(=O)(=O)C1CCC(=O)C1C. The highest BCUT2D eigenvalue weighted by atomic mass is 32.2. The summed E-state index contributed by atoms with van der Waals surface area (Å²) in [6.45, 7) is 1.59. The molecule has 6 heteroatoms. The normalized spacial score (nSPS) is 26.7. The maximum Gasteiger partial charge on any atom is 0.320 e. The monoisotopic (exact) mass is 234 g/mol. The van der Waals surface area contributed by atoms with Gasteiger partial charge in [0.25, 0.3) is 0 Å². The van der Waals surface area contributed by atoms with E-state index in [1.165, 1.54) is 0 Å². The topological polar surface area (TPSA) is 77.5 Å². The molecule has 2 unspecified atom stereocenters. The molecule has 86 valence electrons. The summed E-state index contributed by atoms with van der Waals surface area (Å²) in [6.07, 6.45) is 0.603. The lowest BCUT2D eigenvalue weighted by Gasteiger charge is -2.13. The highest BCUT2D eigenvalue weighted by Crippen LogP contribution is 2.28. The summed E-state index contributed by atoms with van der Waals surface area (Å²) in [7, 11) is -2.41. The molecule has 1 saturated carbocycles. The number of carbonyl (C=O) groups excluding carboxylic acids is 2. The van der Waals surface area contributed by atoms with Crippen LogP contribution in [0.1, 0.15) is 19.8 Å². The predicted molar refractivity (Wildman–Crippen MR) is 53.0 cm³/mol. The molecule has 0 aliphatic heterocycles. The van der Waals surface area contributed by atoms with Crippen LogP contribution in [0.15, 0.2) is 0 Å². The largest absolute Gasteiger partial charge is 0.468 e. The molecule has 2 atom stereocenters. The lowest BCUT2D eigenvalue weighted by atomic mass is 10.1. The van der Waals surface area contributed by atoms with Crippen molar-refractivity contribution < 1.29 is 22.7 Å². The van der Waals surface area contributed by atoms with Crippen LogP contribution in [0.25, 0.3) is 0 Å². The highest BCUT2D eigenvalue weighted by Gasteiger charge is 2.40. The van der Waals surface area contributed by atoms with Gasteiger partial charge in [0.2, 0.25) is 0 Å². The van der Waals surface area contributed by atoms with Crippen LogP contribution >= 0.6 is 0 Å². The number of sulfone groups is 1. The number of ether oxygens (including phenoxy) is 1. The van der Waals surface area contributed by atoms with E-state index in [1.807, 2.05) is 0 Å². The Morgan fingerprint density at radius 2 is 2.13 bits per heavy atom. The van der Waals surface area contributed by atoms with Gasteiger partial charge in [-0.1, -0.05) is 6.92 Å². The first-order chi connectivity index (χ1) is 6.88. The van der Waals surface area contributed by atoms with Crippen molar-refractivity contribution in [3.63, 3.8) is 0 Å². The molecule has 5 nitrogen and oxygen atoms in total. The Balaban J connectivity index is 2.79. The second kappa shape index (κ2) is 4.30. The van der Waals surface area contributed by atoms with Crippen LogP contribution in [0.4, 0.5) is 0 Å². The van der Waals surface area contributed by atoms with Gasteiger partial charge >= 0.3 is 5.97 Å². The molecule has 0 spiro atoms. The van der Waals surface area contributed by atoms with E-state index < -0.39 is 32.7 Å². The maximum absolute atomic E-state index is 11.7. The molecule has 0 aromatic heterocycles. The summed E-state index contributed by atoms with van der Waals surface area (Å²) in [5.41, 5.74) is 0. The molecule has 0 bridgehead atoms. The van der Waals surface area contributed by atoms with Crippen molar-refractivity contribution in [1.29, 1.82) is 0 Å². The van der Waals surface area contributed by atoms with Gasteiger partial charge in [-0.25, -0.2) is 8.42 Å². The fourth-order valence-corrected chi connectivity index (χ4v) is 3.70. The molecule has 0 heterocycles. The second-order valence-corrected chi connectivity index (χ2v) is 5.94. The van der Waals surface area contributed by atoms with E-state index in [4.69, 9.17) is 0 Å². The highest BCUT2D eigenvalue weighted by molar-refractivity contribution is 7.92. The Morgan fingerprint density at radius 3 is 2.53 bits per heavy atom. The Morgan fingerprint density at radius 1 is 1.53 bits per heavy atom. The molecule has 1 fully saturated rings. The summed E-state index contributed by atoms with van der Waals surface area (Å²) in [5, 5.41) is -0.718. The summed E-state index contributed by atoms with van der Waals surface area (Å²) < 4.78 is 27.7. The smallest absolute Gasteiger partial charge is 0.320 e. The van der Waals surface area contributed by atoms with E-state index in [1.54, 1.807) is 6.92 Å². The van der Waals surface area contributed by atoms with Crippen molar-refractivity contribution in [2.24, 2.45) is 5.92 Å². The quantitative estimate of drug-likeness (QED) is 0.639. The molecule has 1 aliphatic rings. The van der Waals surface area contributed by atoms with E-state index in [-0.39, 0.29) is 12.2 Å². The third-order valence-corrected chi connectivity index (χ3v) is 4.95. The second-order valence-electron chi connectivity index (χ2n) is 3.72.